The summed E-state index contributed by atoms with van der Waals surface area (Å²) in [5.74, 6) is -0.174. The molecule has 0 unspecified atom stereocenters. The maximum absolute atomic E-state index is 14.4. The third-order valence-electron chi connectivity index (χ3n) is 5.41. The van der Waals surface area contributed by atoms with Crippen LogP contribution in [0.25, 0.3) is 16.8 Å². The normalized spacial score (nSPS) is 14.1. The van der Waals surface area contributed by atoms with Crippen molar-refractivity contribution in [1.29, 1.82) is 0 Å². The van der Waals surface area contributed by atoms with Crippen LogP contribution in [0.15, 0.2) is 48.9 Å². The first-order chi connectivity index (χ1) is 13.7. The molecule has 3 aromatic heterocycles. The Kier molecular flexibility index (Phi) is 4.13. The lowest BCUT2D eigenvalue weighted by Gasteiger charge is -2.15. The number of fused-ring (bicyclic) bond motifs is 4. The summed E-state index contributed by atoms with van der Waals surface area (Å²) in [6.07, 6.45) is 4.81. The number of nitrogens with zero attached hydrogens (tertiary/aromatic N) is 4. The highest BCUT2D eigenvalue weighted by molar-refractivity contribution is 5.79. The summed E-state index contributed by atoms with van der Waals surface area (Å²) in [6.45, 7) is 2.83. The molecule has 0 amide bonds. The summed E-state index contributed by atoms with van der Waals surface area (Å²) in [4.78, 5) is 4.41. The molecule has 0 N–H and O–H groups in total. The van der Waals surface area contributed by atoms with Gasteiger partial charge in [0.1, 0.15) is 12.1 Å². The minimum Gasteiger partial charge on any atom is -0.372 e. The Morgan fingerprint density at radius 2 is 1.93 bits per heavy atom. The van der Waals surface area contributed by atoms with Crippen LogP contribution in [0.4, 0.5) is 4.39 Å². The first kappa shape index (κ1) is 17.0. The summed E-state index contributed by atoms with van der Waals surface area (Å²) in [6, 6.07) is 11.3. The van der Waals surface area contributed by atoms with E-state index in [2.05, 4.69) is 21.2 Å². The predicted molar refractivity (Wildman–Crippen MR) is 103 cm³/mol. The molecule has 1 aliphatic heterocycles. The van der Waals surface area contributed by atoms with Crippen molar-refractivity contribution in [3.05, 3.63) is 82.8 Å². The Labute approximate surface area is 161 Å². The van der Waals surface area contributed by atoms with Gasteiger partial charge in [-0.2, -0.15) is 0 Å². The molecule has 0 saturated carbocycles. The van der Waals surface area contributed by atoms with Crippen LogP contribution >= 0.6 is 0 Å². The lowest BCUT2D eigenvalue weighted by Crippen LogP contribution is -2.07. The number of pyridine rings is 2. The molecule has 1 aliphatic rings. The molecule has 28 heavy (non-hydrogen) atoms. The van der Waals surface area contributed by atoms with Crippen LogP contribution in [0.2, 0.25) is 0 Å². The van der Waals surface area contributed by atoms with E-state index in [1.807, 2.05) is 29.5 Å². The van der Waals surface area contributed by atoms with Crippen molar-refractivity contribution in [1.82, 2.24) is 19.6 Å². The average molecular weight is 374 g/mol. The van der Waals surface area contributed by atoms with E-state index in [1.54, 1.807) is 18.6 Å². The first-order valence-corrected chi connectivity index (χ1v) is 9.33. The molecular formula is C22H19FN4O. The molecule has 5 rings (SSSR count). The third-order valence-corrected chi connectivity index (χ3v) is 5.41. The van der Waals surface area contributed by atoms with E-state index >= 15 is 0 Å². The van der Waals surface area contributed by atoms with E-state index in [9.17, 15) is 4.39 Å². The van der Waals surface area contributed by atoms with Gasteiger partial charge in [-0.25, -0.2) is 4.39 Å². The van der Waals surface area contributed by atoms with E-state index in [0.717, 1.165) is 44.9 Å². The monoisotopic (exact) mass is 374 g/mol. The van der Waals surface area contributed by atoms with Gasteiger partial charge in [0, 0.05) is 28.7 Å². The fourth-order valence-corrected chi connectivity index (χ4v) is 4.00. The van der Waals surface area contributed by atoms with Crippen molar-refractivity contribution in [2.24, 2.45) is 0 Å². The Balaban J connectivity index is 1.67. The van der Waals surface area contributed by atoms with Crippen molar-refractivity contribution in [2.75, 3.05) is 0 Å². The number of hydrogen-bond acceptors (Lipinski definition) is 4. The Morgan fingerprint density at radius 3 is 2.82 bits per heavy atom. The minimum absolute atomic E-state index is 0.174. The van der Waals surface area contributed by atoms with Crippen molar-refractivity contribution < 1.29 is 9.13 Å². The van der Waals surface area contributed by atoms with E-state index in [-0.39, 0.29) is 5.82 Å². The lowest BCUT2D eigenvalue weighted by molar-refractivity contribution is 0.106. The van der Waals surface area contributed by atoms with Crippen LogP contribution in [0, 0.1) is 12.7 Å². The number of aromatic nitrogens is 4. The Morgan fingerprint density at radius 1 is 1.04 bits per heavy atom. The fourth-order valence-electron chi connectivity index (χ4n) is 4.00. The topological polar surface area (TPSA) is 52.3 Å². The number of benzene rings is 1. The van der Waals surface area contributed by atoms with Gasteiger partial charge in [-0.15, -0.1) is 10.2 Å². The van der Waals surface area contributed by atoms with Gasteiger partial charge in [-0.05, 0) is 54.7 Å². The second-order valence-electron chi connectivity index (χ2n) is 7.06. The lowest BCUT2D eigenvalue weighted by atomic mass is 9.98. The van der Waals surface area contributed by atoms with E-state index in [4.69, 9.17) is 4.74 Å². The molecule has 0 spiro atoms. The number of ether oxygens (including phenoxy) is 1. The zero-order chi connectivity index (χ0) is 19.1. The van der Waals surface area contributed by atoms with E-state index < -0.39 is 0 Å². The molecule has 0 atom stereocenters. The molecule has 140 valence electrons. The van der Waals surface area contributed by atoms with Crippen LogP contribution in [0.5, 0.6) is 0 Å². The molecule has 0 aliphatic carbocycles. The predicted octanol–water partition coefficient (Wildman–Crippen LogP) is 4.05. The fraction of sp³-hybridized carbons (Fsp3) is 0.227. The Hall–Kier alpha value is -3.12. The molecule has 0 saturated heterocycles. The van der Waals surface area contributed by atoms with Crippen LogP contribution in [-0.4, -0.2) is 19.6 Å². The van der Waals surface area contributed by atoms with Gasteiger partial charge in [-0.3, -0.25) is 9.38 Å². The molecule has 1 aromatic carbocycles. The van der Waals surface area contributed by atoms with Gasteiger partial charge in [-0.1, -0.05) is 18.2 Å². The minimum atomic E-state index is -0.174. The Bertz CT molecular complexity index is 1180. The van der Waals surface area contributed by atoms with Gasteiger partial charge < -0.3 is 4.74 Å². The first-order valence-electron chi connectivity index (χ1n) is 9.33. The third kappa shape index (κ3) is 2.77. The smallest absolute Gasteiger partial charge is 0.168 e. The SMILES string of the molecule is Cc1ncccc1-c1cc2c(n3cnnc13)CCc1c(F)cccc1COC2. The molecule has 6 heteroatoms. The molecular weight excluding hydrogens is 355 g/mol. The second kappa shape index (κ2) is 6.80. The van der Waals surface area contributed by atoms with Gasteiger partial charge >= 0.3 is 0 Å². The molecule has 0 fully saturated rings. The van der Waals surface area contributed by atoms with Crippen LogP contribution in [-0.2, 0) is 30.8 Å². The highest BCUT2D eigenvalue weighted by atomic mass is 19.1. The van der Waals surface area contributed by atoms with Crippen molar-refractivity contribution in [3.63, 3.8) is 0 Å². The van der Waals surface area contributed by atoms with Crippen molar-refractivity contribution >= 4 is 5.65 Å². The number of aryl methyl sites for hydroxylation is 2. The van der Waals surface area contributed by atoms with E-state index in [1.165, 1.54) is 6.07 Å². The maximum Gasteiger partial charge on any atom is 0.168 e. The van der Waals surface area contributed by atoms with Crippen molar-refractivity contribution in [3.8, 4) is 11.1 Å². The summed E-state index contributed by atoms with van der Waals surface area (Å²) in [5.41, 5.74) is 7.49. The quantitative estimate of drug-likeness (QED) is 0.504. The maximum atomic E-state index is 14.4. The van der Waals surface area contributed by atoms with Gasteiger partial charge in [0.2, 0.25) is 0 Å². The standard InChI is InChI=1S/C22H19FN4O/c1-14-17(5-3-9-24-14)19-10-16-12-28-11-15-4-2-6-20(23)18(15)7-8-21(16)27-13-25-26-22(19)27/h2-6,9-10,13H,7-8,11-12H2,1H3. The van der Waals surface area contributed by atoms with Gasteiger partial charge in [0.05, 0.1) is 13.2 Å². The van der Waals surface area contributed by atoms with Crippen molar-refractivity contribution in [2.45, 2.75) is 33.0 Å². The molecule has 5 nitrogen and oxygen atoms in total. The summed E-state index contributed by atoms with van der Waals surface area (Å²) < 4.78 is 22.4. The van der Waals surface area contributed by atoms with Crippen LogP contribution in [0.1, 0.15) is 28.1 Å². The molecule has 4 heterocycles. The number of halogens is 1. The zero-order valence-corrected chi connectivity index (χ0v) is 15.5. The molecule has 0 bridgehead atoms. The zero-order valence-electron chi connectivity index (χ0n) is 15.5. The van der Waals surface area contributed by atoms with Crippen LogP contribution < -0.4 is 0 Å². The molecule has 4 aromatic rings. The van der Waals surface area contributed by atoms with E-state index in [0.29, 0.717) is 26.1 Å². The second-order valence-corrected chi connectivity index (χ2v) is 7.06. The number of hydrogen-bond donors (Lipinski definition) is 0. The summed E-state index contributed by atoms with van der Waals surface area (Å²) in [5, 5.41) is 8.50. The van der Waals surface area contributed by atoms with Crippen LogP contribution in [0.3, 0.4) is 0 Å². The molecule has 0 radical (unpaired) electrons. The summed E-state index contributed by atoms with van der Waals surface area (Å²) in [7, 11) is 0. The highest BCUT2D eigenvalue weighted by Gasteiger charge is 2.19. The summed E-state index contributed by atoms with van der Waals surface area (Å²) >= 11 is 0. The van der Waals surface area contributed by atoms with Gasteiger partial charge in [0.25, 0.3) is 0 Å². The number of rotatable bonds is 1. The largest absolute Gasteiger partial charge is 0.372 e. The van der Waals surface area contributed by atoms with Gasteiger partial charge in [0.15, 0.2) is 5.65 Å². The average Bonchev–Trinajstić information content (AvgIpc) is 3.20. The highest BCUT2D eigenvalue weighted by Crippen LogP contribution is 2.31.